The largest absolute Gasteiger partial charge is 0.508 e. The van der Waals surface area contributed by atoms with Crippen LogP contribution in [-0.4, -0.2) is 95.7 Å². The zero-order valence-electron chi connectivity index (χ0n) is 48.4. The summed E-state index contributed by atoms with van der Waals surface area (Å²) in [4.78, 5) is 22.4. The second-order valence-electron chi connectivity index (χ2n) is 25.6. The molecule has 1 amide bonds. The molecular weight excluding hydrogens is 857 g/mol. The van der Waals surface area contributed by atoms with Gasteiger partial charge in [0.05, 0.1) is 36.4 Å². The lowest BCUT2D eigenvalue weighted by atomic mass is 9.82. The number of amides is 1. The fourth-order valence-electron chi connectivity index (χ4n) is 6.82. The van der Waals surface area contributed by atoms with E-state index in [4.69, 9.17) is 14.2 Å². The number of carbonyl (C=O) groups excluding carboxylic acids is 2. The first-order valence-electron chi connectivity index (χ1n) is 25.5. The molecule has 0 aliphatic carbocycles. The van der Waals surface area contributed by atoms with Gasteiger partial charge in [-0.1, -0.05) is 145 Å². The number of phenolic OH excluding ortho intramolecular Hbond substituents is 1. The topological polar surface area (TPSA) is 167 Å². The summed E-state index contributed by atoms with van der Waals surface area (Å²) < 4.78 is 17.0. The molecule has 11 heteroatoms. The molecule has 2 aliphatic heterocycles. The standard InChI is InChI=1S/C14H20O3.C13H24O3.C9H17NO.C7H17NO.C7H16O.C7H16/c1-8-5-10(15)9-7-11(16)13(14(2,3)4)17-12(9)6-8;1-6-11-9(2)7-10(8-15-11)16-12(14)13(3,4)5;1-5-8(11)10-7-6-9(2,3)4;1-7(2,3)6(9)5-8-4;1-5-6(8)7(2,3)4;1-5-6-7(2,3)4/h5-6,11,13,15-16H,7H2,1-4H3;9-11H,6-8H2,1-5H3;5H,1,6-7H2,2-4H3,(H,10,11);6,8-9H,5H2,1-4H3;6,8H,5H2,1-4H3;5-6H2,1-4H3/t;9-,10?,11+;;;;/m.0..../s1. The maximum Gasteiger partial charge on any atom is 0.311 e. The van der Waals surface area contributed by atoms with Gasteiger partial charge in [0.25, 0.3) is 0 Å². The van der Waals surface area contributed by atoms with Crippen molar-refractivity contribution < 1.29 is 44.2 Å². The van der Waals surface area contributed by atoms with Gasteiger partial charge in [-0.15, -0.1) is 0 Å². The molecule has 0 saturated carbocycles. The highest BCUT2D eigenvalue weighted by molar-refractivity contribution is 5.86. The maximum absolute atomic E-state index is 11.7. The molecule has 3 rings (SSSR count). The lowest BCUT2D eigenvalue weighted by Gasteiger charge is -2.39. The van der Waals surface area contributed by atoms with Gasteiger partial charge in [0.2, 0.25) is 5.91 Å². The van der Waals surface area contributed by atoms with Crippen molar-refractivity contribution in [3.8, 4) is 11.5 Å². The normalized spacial score (nSPS) is 20.3. The number of rotatable bonds is 9. The van der Waals surface area contributed by atoms with Crippen LogP contribution in [0.15, 0.2) is 24.8 Å². The molecule has 0 bridgehead atoms. The quantitative estimate of drug-likeness (QED) is 0.104. The van der Waals surface area contributed by atoms with Crippen LogP contribution in [-0.2, 0) is 25.5 Å². The number of nitrogens with one attached hydrogen (secondary N) is 2. The molecular formula is C57H110N2O9. The minimum atomic E-state index is -0.573. The van der Waals surface area contributed by atoms with E-state index in [2.05, 4.69) is 79.5 Å². The highest BCUT2D eigenvalue weighted by Gasteiger charge is 2.38. The zero-order chi connectivity index (χ0) is 54.2. The Morgan fingerprint density at radius 2 is 1.37 bits per heavy atom. The fourth-order valence-corrected chi connectivity index (χ4v) is 6.82. The number of phenols is 1. The lowest BCUT2D eigenvalue weighted by molar-refractivity contribution is -0.171. The Bertz CT molecular complexity index is 1530. The molecule has 5 unspecified atom stereocenters. The number of likely N-dealkylation sites (N-methyl/N-ethyl adjacent to an activating group) is 1. The minimum Gasteiger partial charge on any atom is -0.508 e. The monoisotopic (exact) mass is 967 g/mol. The molecule has 1 aromatic carbocycles. The number of fused-ring (bicyclic) bond motifs is 1. The SMILES string of the molecule is C=CC(=O)NCCC(C)(C)C.CCC(O)C(C)(C)C.CCCC(C)(C)C.CC[C@H]1OCC(OC(=O)C(C)(C)C)C[C@@H]1C.CNCC(O)C(C)(C)C.Cc1cc(O)c2c(c1)OC(C(C)(C)C)C(O)C2. The third kappa shape index (κ3) is 33.0. The van der Waals surface area contributed by atoms with E-state index < -0.39 is 11.5 Å². The van der Waals surface area contributed by atoms with Gasteiger partial charge >= 0.3 is 5.97 Å². The van der Waals surface area contributed by atoms with E-state index in [1.54, 1.807) is 6.07 Å². The van der Waals surface area contributed by atoms with Gasteiger partial charge in [0.1, 0.15) is 23.7 Å². The summed E-state index contributed by atoms with van der Waals surface area (Å²) in [6.07, 6.45) is 7.23. The number of hydrogen-bond donors (Lipinski definition) is 6. The first-order valence-corrected chi connectivity index (χ1v) is 25.5. The average Bonchev–Trinajstić information content (AvgIpc) is 3.16. The third-order valence-corrected chi connectivity index (χ3v) is 11.4. The number of ether oxygens (including phenoxy) is 3. The van der Waals surface area contributed by atoms with Crippen LogP contribution in [0.3, 0.4) is 0 Å². The molecule has 0 aromatic heterocycles. The third-order valence-electron chi connectivity index (χ3n) is 11.4. The molecule has 11 nitrogen and oxygen atoms in total. The predicted octanol–water partition coefficient (Wildman–Crippen LogP) is 12.2. The Hall–Kier alpha value is -2.70. The van der Waals surface area contributed by atoms with Crippen LogP contribution in [0.4, 0.5) is 0 Å². The summed E-state index contributed by atoms with van der Waals surface area (Å²) in [5.74, 6) is 1.16. The van der Waals surface area contributed by atoms with Gasteiger partial charge < -0.3 is 45.3 Å². The molecule has 2 heterocycles. The maximum atomic E-state index is 11.7. The first kappa shape index (κ1) is 69.6. The van der Waals surface area contributed by atoms with Crippen molar-refractivity contribution in [2.45, 2.75) is 241 Å². The number of benzene rings is 1. The van der Waals surface area contributed by atoms with E-state index in [1.165, 1.54) is 18.9 Å². The molecule has 6 N–H and O–H groups in total. The van der Waals surface area contributed by atoms with Gasteiger partial charge in [-0.2, -0.15) is 0 Å². The van der Waals surface area contributed by atoms with E-state index >= 15 is 0 Å². The molecule has 2 aliphatic rings. The second kappa shape index (κ2) is 31.6. The molecule has 0 radical (unpaired) electrons. The Kier molecular flexibility index (Phi) is 32.3. The van der Waals surface area contributed by atoms with Crippen molar-refractivity contribution in [2.75, 3.05) is 26.7 Å². The molecule has 68 heavy (non-hydrogen) atoms. The smallest absolute Gasteiger partial charge is 0.311 e. The van der Waals surface area contributed by atoms with Crippen molar-refractivity contribution in [3.63, 3.8) is 0 Å². The van der Waals surface area contributed by atoms with Crippen LogP contribution in [0.2, 0.25) is 0 Å². The average molecular weight is 968 g/mol. The number of hydrogen-bond acceptors (Lipinski definition) is 10. The van der Waals surface area contributed by atoms with Gasteiger partial charge in [0, 0.05) is 30.5 Å². The van der Waals surface area contributed by atoms with Gasteiger partial charge in [0.15, 0.2) is 0 Å². The highest BCUT2D eigenvalue weighted by Crippen LogP contribution is 2.40. The zero-order valence-corrected chi connectivity index (χ0v) is 48.4. The van der Waals surface area contributed by atoms with E-state index in [1.807, 2.05) is 110 Å². The highest BCUT2D eigenvalue weighted by atomic mass is 16.6. The Balaban J connectivity index is -0.000000771. The van der Waals surface area contributed by atoms with Crippen molar-refractivity contribution in [3.05, 3.63) is 35.9 Å². The molecule has 1 aromatic rings. The van der Waals surface area contributed by atoms with E-state index in [-0.39, 0.29) is 63.7 Å². The van der Waals surface area contributed by atoms with Crippen molar-refractivity contribution >= 4 is 11.9 Å². The van der Waals surface area contributed by atoms with Crippen LogP contribution in [0.5, 0.6) is 11.5 Å². The van der Waals surface area contributed by atoms with Crippen LogP contribution in [0.25, 0.3) is 0 Å². The number of aromatic hydroxyl groups is 1. The summed E-state index contributed by atoms with van der Waals surface area (Å²) in [5, 5.41) is 44.1. The fraction of sp³-hybridized carbons (Fsp3) is 0.825. The number of esters is 1. The van der Waals surface area contributed by atoms with Crippen LogP contribution >= 0.6 is 0 Å². The van der Waals surface area contributed by atoms with E-state index in [9.17, 15) is 30.0 Å². The van der Waals surface area contributed by atoms with Gasteiger partial charge in [-0.05, 0) is 118 Å². The van der Waals surface area contributed by atoms with Crippen LogP contribution in [0.1, 0.15) is 202 Å². The Labute approximate surface area is 418 Å². The molecule has 1 fully saturated rings. The lowest BCUT2D eigenvalue weighted by Crippen LogP contribution is -2.46. The van der Waals surface area contributed by atoms with Crippen LogP contribution < -0.4 is 15.4 Å². The summed E-state index contributed by atoms with van der Waals surface area (Å²) in [6, 6.07) is 3.62. The number of aliphatic hydroxyl groups excluding tert-OH is 3. The second-order valence-corrected chi connectivity index (χ2v) is 25.6. The Morgan fingerprint density at radius 1 is 0.853 bits per heavy atom. The number of aliphatic hydroxyl groups is 3. The predicted molar refractivity (Wildman–Crippen MR) is 286 cm³/mol. The number of carbonyl (C=O) groups is 2. The first-order chi connectivity index (χ1) is 30.6. The molecule has 7 atom stereocenters. The molecule has 402 valence electrons. The van der Waals surface area contributed by atoms with Crippen LogP contribution in [0, 0.1) is 45.3 Å². The molecule has 1 saturated heterocycles. The summed E-state index contributed by atoms with van der Waals surface area (Å²) in [6.45, 7) is 52.9. The molecule has 0 spiro atoms. The summed E-state index contributed by atoms with van der Waals surface area (Å²) in [5.41, 5.74) is 2.02. The van der Waals surface area contributed by atoms with Gasteiger partial charge in [-0.3, -0.25) is 9.59 Å². The van der Waals surface area contributed by atoms with Gasteiger partial charge in [-0.25, -0.2) is 0 Å². The van der Waals surface area contributed by atoms with E-state index in [0.717, 1.165) is 37.8 Å². The Morgan fingerprint density at radius 3 is 1.69 bits per heavy atom. The number of aryl methyl sites for hydroxylation is 1. The van der Waals surface area contributed by atoms with E-state index in [0.29, 0.717) is 48.3 Å². The summed E-state index contributed by atoms with van der Waals surface area (Å²) in [7, 11) is 1.84. The summed E-state index contributed by atoms with van der Waals surface area (Å²) >= 11 is 0. The van der Waals surface area contributed by atoms with Crippen molar-refractivity contribution in [1.82, 2.24) is 10.6 Å². The van der Waals surface area contributed by atoms with Crippen molar-refractivity contribution in [2.24, 2.45) is 38.4 Å². The van der Waals surface area contributed by atoms with Crippen molar-refractivity contribution in [1.29, 1.82) is 0 Å². The minimum absolute atomic E-state index is 0.00299.